The van der Waals surface area contributed by atoms with Crippen molar-refractivity contribution in [3.8, 4) is 11.1 Å². The number of anilines is 1. The minimum atomic E-state index is -3.37. The number of hydrogen-bond donors (Lipinski definition) is 1. The van der Waals surface area contributed by atoms with E-state index in [1.165, 1.54) is 23.5 Å². The molecule has 3 rings (SSSR count). The van der Waals surface area contributed by atoms with E-state index in [-0.39, 0.29) is 10.8 Å². The van der Waals surface area contributed by atoms with Crippen LogP contribution in [-0.4, -0.2) is 25.6 Å². The van der Waals surface area contributed by atoms with Crippen molar-refractivity contribution < 1.29 is 13.2 Å². The highest BCUT2D eigenvalue weighted by atomic mass is 79.9. The number of carbonyl (C=O) groups is 1. The fourth-order valence-corrected chi connectivity index (χ4v) is 4.32. The number of hydrogen-bond acceptors (Lipinski definition) is 5. The Morgan fingerprint density at radius 1 is 1.20 bits per heavy atom. The molecule has 0 aliphatic carbocycles. The number of rotatable bonds is 4. The molecule has 1 N–H and O–H groups in total. The van der Waals surface area contributed by atoms with Crippen LogP contribution in [0.2, 0.25) is 0 Å². The summed E-state index contributed by atoms with van der Waals surface area (Å²) in [5, 5.41) is 4.62. The van der Waals surface area contributed by atoms with Crippen LogP contribution in [0.25, 0.3) is 11.1 Å². The molecule has 2 heterocycles. The number of nitrogens with zero attached hydrogens (tertiary/aromatic N) is 1. The molecular formula is C17H13BrN2O3S2. The van der Waals surface area contributed by atoms with Crippen LogP contribution in [-0.2, 0) is 9.84 Å². The van der Waals surface area contributed by atoms with E-state index in [2.05, 4.69) is 26.2 Å². The summed E-state index contributed by atoms with van der Waals surface area (Å²) in [5.41, 5.74) is 2.25. The Balaban J connectivity index is 1.84. The van der Waals surface area contributed by atoms with Crippen LogP contribution in [0.4, 0.5) is 5.69 Å². The first-order valence-corrected chi connectivity index (χ1v) is 10.7. The topological polar surface area (TPSA) is 76.1 Å². The molecule has 2 aromatic heterocycles. The van der Waals surface area contributed by atoms with E-state index in [1.807, 2.05) is 17.5 Å². The maximum absolute atomic E-state index is 12.4. The summed E-state index contributed by atoms with van der Waals surface area (Å²) < 4.78 is 24.0. The number of sulfone groups is 1. The number of nitrogens with one attached hydrogen (secondary N) is 1. The first kappa shape index (κ1) is 17.8. The van der Waals surface area contributed by atoms with E-state index in [9.17, 15) is 13.2 Å². The largest absolute Gasteiger partial charge is 0.321 e. The van der Waals surface area contributed by atoms with Crippen LogP contribution in [0.5, 0.6) is 0 Å². The Bertz CT molecular complexity index is 1030. The SMILES string of the molecule is CS(=O)(=O)c1cc(Br)cc(NC(=O)c2cc(-c3cccnc3)cs2)c1. The van der Waals surface area contributed by atoms with E-state index in [1.54, 1.807) is 24.5 Å². The summed E-state index contributed by atoms with van der Waals surface area (Å²) in [6, 6.07) is 10.1. The zero-order chi connectivity index (χ0) is 18.0. The molecule has 0 bridgehead atoms. The van der Waals surface area contributed by atoms with Gasteiger partial charge >= 0.3 is 0 Å². The first-order chi connectivity index (χ1) is 11.8. The van der Waals surface area contributed by atoms with Gasteiger partial charge in [-0.15, -0.1) is 11.3 Å². The van der Waals surface area contributed by atoms with Crippen molar-refractivity contribution in [2.75, 3.05) is 11.6 Å². The molecule has 0 aliphatic heterocycles. The lowest BCUT2D eigenvalue weighted by Gasteiger charge is -2.07. The number of thiophene rings is 1. The van der Waals surface area contributed by atoms with Gasteiger partial charge in [0.25, 0.3) is 5.91 Å². The minimum absolute atomic E-state index is 0.138. The molecule has 0 aliphatic rings. The predicted octanol–water partition coefficient (Wildman–Crippen LogP) is 4.23. The third kappa shape index (κ3) is 4.33. The first-order valence-electron chi connectivity index (χ1n) is 7.14. The summed E-state index contributed by atoms with van der Waals surface area (Å²) >= 11 is 4.58. The molecule has 3 aromatic rings. The molecule has 25 heavy (non-hydrogen) atoms. The highest BCUT2D eigenvalue weighted by molar-refractivity contribution is 9.10. The quantitative estimate of drug-likeness (QED) is 0.663. The number of aromatic nitrogens is 1. The Labute approximate surface area is 157 Å². The molecule has 1 aromatic carbocycles. The van der Waals surface area contributed by atoms with Crippen LogP contribution >= 0.6 is 27.3 Å². The molecule has 5 nitrogen and oxygen atoms in total. The van der Waals surface area contributed by atoms with Gasteiger partial charge in [-0.2, -0.15) is 0 Å². The predicted molar refractivity (Wildman–Crippen MR) is 103 cm³/mol. The maximum atomic E-state index is 12.4. The van der Waals surface area contributed by atoms with Gasteiger partial charge in [-0.1, -0.05) is 22.0 Å². The lowest BCUT2D eigenvalue weighted by Crippen LogP contribution is -2.11. The molecule has 0 saturated heterocycles. The van der Waals surface area contributed by atoms with Crippen LogP contribution in [0, 0.1) is 0 Å². The van der Waals surface area contributed by atoms with Gasteiger partial charge in [-0.25, -0.2) is 8.42 Å². The van der Waals surface area contributed by atoms with Crippen molar-refractivity contribution in [3.05, 3.63) is 63.5 Å². The molecule has 0 unspecified atom stereocenters. The Kier molecular flexibility index (Phi) is 5.03. The molecule has 0 saturated carbocycles. The summed E-state index contributed by atoms with van der Waals surface area (Å²) in [6.45, 7) is 0. The average molecular weight is 437 g/mol. The molecule has 0 fully saturated rings. The standard InChI is InChI=1S/C17H13BrN2O3S2/c1-25(22,23)15-7-13(18)6-14(8-15)20-17(21)16-5-12(10-24-16)11-3-2-4-19-9-11/h2-10H,1H3,(H,20,21). The number of amides is 1. The van der Waals surface area contributed by atoms with E-state index >= 15 is 0 Å². The average Bonchev–Trinajstić information content (AvgIpc) is 3.04. The molecule has 128 valence electrons. The Morgan fingerprint density at radius 2 is 2.00 bits per heavy atom. The van der Waals surface area contributed by atoms with Crippen molar-refractivity contribution in [3.63, 3.8) is 0 Å². The molecule has 1 amide bonds. The van der Waals surface area contributed by atoms with Gasteiger partial charge in [-0.05, 0) is 41.3 Å². The number of benzene rings is 1. The van der Waals surface area contributed by atoms with Crippen molar-refractivity contribution in [2.45, 2.75) is 4.90 Å². The van der Waals surface area contributed by atoms with E-state index < -0.39 is 9.84 Å². The summed E-state index contributed by atoms with van der Waals surface area (Å²) in [7, 11) is -3.37. The fourth-order valence-electron chi connectivity index (χ4n) is 2.18. The van der Waals surface area contributed by atoms with Crippen LogP contribution < -0.4 is 5.32 Å². The smallest absolute Gasteiger partial charge is 0.265 e. The van der Waals surface area contributed by atoms with Crippen LogP contribution in [0.1, 0.15) is 9.67 Å². The van der Waals surface area contributed by atoms with Gasteiger partial charge in [0.15, 0.2) is 9.84 Å². The fraction of sp³-hybridized carbons (Fsp3) is 0.0588. The third-order valence-electron chi connectivity index (χ3n) is 3.38. The second-order valence-electron chi connectivity index (χ2n) is 5.34. The van der Waals surface area contributed by atoms with Gasteiger partial charge in [-0.3, -0.25) is 9.78 Å². The van der Waals surface area contributed by atoms with E-state index in [0.717, 1.165) is 17.4 Å². The second-order valence-corrected chi connectivity index (χ2v) is 9.19. The van der Waals surface area contributed by atoms with E-state index in [4.69, 9.17) is 0 Å². The van der Waals surface area contributed by atoms with Crippen molar-refractivity contribution in [1.29, 1.82) is 0 Å². The minimum Gasteiger partial charge on any atom is -0.321 e. The summed E-state index contributed by atoms with van der Waals surface area (Å²) in [6.07, 6.45) is 4.55. The molecule has 0 atom stereocenters. The highest BCUT2D eigenvalue weighted by Gasteiger charge is 2.14. The molecule has 8 heteroatoms. The van der Waals surface area contributed by atoms with Gasteiger partial charge in [0, 0.05) is 34.4 Å². The lowest BCUT2D eigenvalue weighted by molar-refractivity contribution is 0.103. The Morgan fingerprint density at radius 3 is 2.68 bits per heavy atom. The monoisotopic (exact) mass is 436 g/mol. The van der Waals surface area contributed by atoms with Gasteiger partial charge in [0.2, 0.25) is 0 Å². The van der Waals surface area contributed by atoms with Crippen LogP contribution in [0.3, 0.4) is 0 Å². The summed E-state index contributed by atoms with van der Waals surface area (Å²) in [5.74, 6) is -0.294. The number of halogens is 1. The maximum Gasteiger partial charge on any atom is 0.265 e. The molecule has 0 radical (unpaired) electrons. The van der Waals surface area contributed by atoms with Gasteiger partial charge in [0.1, 0.15) is 0 Å². The van der Waals surface area contributed by atoms with Gasteiger partial charge in [0.05, 0.1) is 9.77 Å². The third-order valence-corrected chi connectivity index (χ3v) is 5.85. The number of pyridine rings is 1. The molecule has 0 spiro atoms. The zero-order valence-corrected chi connectivity index (χ0v) is 16.3. The highest BCUT2D eigenvalue weighted by Crippen LogP contribution is 2.27. The van der Waals surface area contributed by atoms with Crippen molar-refractivity contribution >= 4 is 48.7 Å². The molecular weight excluding hydrogens is 424 g/mol. The van der Waals surface area contributed by atoms with Crippen molar-refractivity contribution in [2.24, 2.45) is 0 Å². The second kappa shape index (κ2) is 7.07. The normalized spacial score (nSPS) is 11.3. The van der Waals surface area contributed by atoms with Gasteiger partial charge < -0.3 is 5.32 Å². The Hall–Kier alpha value is -2.03. The number of carbonyl (C=O) groups excluding carboxylic acids is 1. The van der Waals surface area contributed by atoms with E-state index in [0.29, 0.717) is 15.0 Å². The van der Waals surface area contributed by atoms with Crippen LogP contribution in [0.15, 0.2) is 63.5 Å². The zero-order valence-electron chi connectivity index (χ0n) is 13.1. The lowest BCUT2D eigenvalue weighted by atomic mass is 10.1. The van der Waals surface area contributed by atoms with Crippen molar-refractivity contribution in [1.82, 2.24) is 4.98 Å². The summed E-state index contributed by atoms with van der Waals surface area (Å²) in [4.78, 5) is 17.2.